The Balaban J connectivity index is 0. The first kappa shape index (κ1) is 33.0. The molecule has 0 spiro atoms. The number of terminal acetylenes is 3. The lowest BCUT2D eigenvalue weighted by molar-refractivity contribution is -0.156. The lowest BCUT2D eigenvalue weighted by Gasteiger charge is -2.34. The molecule has 0 rings (SSSR count). The van der Waals surface area contributed by atoms with Crippen LogP contribution in [0.5, 0.6) is 0 Å². The summed E-state index contributed by atoms with van der Waals surface area (Å²) in [5.41, 5.74) is 14.9. The molecule has 186 valence electrons. The summed E-state index contributed by atoms with van der Waals surface area (Å²) in [6, 6.07) is -0.791. The number of hydrogen-bond acceptors (Lipinski definition) is 9. The Labute approximate surface area is 203 Å². The number of thiocarbonyl (C=S) groups is 1. The largest absolute Gasteiger partial charge is 0.459 e. The Hall–Kier alpha value is -2.20. The lowest BCUT2D eigenvalue weighted by atomic mass is 10.0. The second-order valence-corrected chi connectivity index (χ2v) is 8.22. The van der Waals surface area contributed by atoms with Crippen LogP contribution in [0.4, 0.5) is 0 Å². The van der Waals surface area contributed by atoms with Crippen LogP contribution in [0.15, 0.2) is 0 Å². The van der Waals surface area contributed by atoms with Gasteiger partial charge in [0.15, 0.2) is 0 Å². The molecule has 9 nitrogen and oxygen atoms in total. The Morgan fingerprint density at radius 1 is 0.970 bits per heavy atom. The number of ether oxygens (including phenoxy) is 4. The highest BCUT2D eigenvalue weighted by molar-refractivity contribution is 7.80. The first-order valence-electron chi connectivity index (χ1n) is 10.2. The van der Waals surface area contributed by atoms with Crippen molar-refractivity contribution < 1.29 is 23.7 Å². The number of hydrogen-bond donors (Lipinski definition) is 4. The van der Waals surface area contributed by atoms with Crippen molar-refractivity contribution in [1.29, 1.82) is 0 Å². The average Bonchev–Trinajstić information content (AvgIpc) is 2.76. The Morgan fingerprint density at radius 2 is 1.39 bits per heavy atom. The van der Waals surface area contributed by atoms with Gasteiger partial charge >= 0.3 is 5.97 Å². The summed E-state index contributed by atoms with van der Waals surface area (Å²) in [5.74, 6) is 6.72. The van der Waals surface area contributed by atoms with E-state index in [9.17, 15) is 4.79 Å². The van der Waals surface area contributed by atoms with Crippen molar-refractivity contribution in [3.8, 4) is 37.0 Å². The van der Waals surface area contributed by atoms with Crippen LogP contribution in [0.1, 0.15) is 33.6 Å². The van der Waals surface area contributed by atoms with Gasteiger partial charge in [0.2, 0.25) is 0 Å². The molecule has 0 aliphatic carbocycles. The Morgan fingerprint density at radius 3 is 1.76 bits per heavy atom. The Kier molecular flexibility index (Phi) is 19.3. The van der Waals surface area contributed by atoms with Crippen molar-refractivity contribution in [3.05, 3.63) is 0 Å². The van der Waals surface area contributed by atoms with Crippen LogP contribution in [-0.4, -0.2) is 74.8 Å². The molecule has 0 aliphatic heterocycles. The van der Waals surface area contributed by atoms with Crippen molar-refractivity contribution in [2.24, 2.45) is 11.5 Å². The molecule has 0 heterocycles. The van der Waals surface area contributed by atoms with Crippen molar-refractivity contribution in [3.63, 3.8) is 0 Å². The first-order valence-corrected chi connectivity index (χ1v) is 10.7. The quantitative estimate of drug-likeness (QED) is 0.0839. The van der Waals surface area contributed by atoms with Crippen LogP contribution in [0, 0.1) is 37.0 Å². The normalized spacial score (nSPS) is 11.6. The van der Waals surface area contributed by atoms with Gasteiger partial charge in [0, 0.05) is 6.42 Å². The van der Waals surface area contributed by atoms with Crippen LogP contribution >= 0.6 is 12.2 Å². The lowest BCUT2D eigenvalue weighted by Crippen LogP contribution is -2.62. The monoisotopic (exact) mass is 482 g/mol. The fourth-order valence-electron chi connectivity index (χ4n) is 2.20. The summed E-state index contributed by atoms with van der Waals surface area (Å²) in [4.78, 5) is 12.4. The van der Waals surface area contributed by atoms with Gasteiger partial charge < -0.3 is 35.8 Å². The predicted molar refractivity (Wildman–Crippen MR) is 134 cm³/mol. The maximum atomic E-state index is 12.0. The fraction of sp³-hybridized carbons (Fsp3) is 0.652. The Bertz CT molecular complexity index is 639. The van der Waals surface area contributed by atoms with E-state index in [2.05, 4.69) is 34.3 Å². The van der Waals surface area contributed by atoms with E-state index in [1.807, 2.05) is 0 Å². The van der Waals surface area contributed by atoms with Gasteiger partial charge in [-0.2, -0.15) is 0 Å². The van der Waals surface area contributed by atoms with Crippen molar-refractivity contribution in [2.75, 3.05) is 46.7 Å². The van der Waals surface area contributed by atoms with Crippen LogP contribution in [0.3, 0.4) is 0 Å². The van der Waals surface area contributed by atoms with Crippen LogP contribution in [0.25, 0.3) is 0 Å². The van der Waals surface area contributed by atoms with Gasteiger partial charge in [0.25, 0.3) is 0 Å². The zero-order chi connectivity index (χ0) is 25.8. The molecule has 0 aliphatic rings. The van der Waals surface area contributed by atoms with Gasteiger partial charge in [-0.05, 0) is 34.2 Å². The molecular formula is C23H38N4O5S. The van der Waals surface area contributed by atoms with Crippen LogP contribution in [0.2, 0.25) is 0 Å². The minimum atomic E-state index is -0.873. The highest BCUT2D eigenvalue weighted by Crippen LogP contribution is 2.11. The average molecular weight is 483 g/mol. The molecule has 1 atom stereocenters. The molecule has 33 heavy (non-hydrogen) atoms. The van der Waals surface area contributed by atoms with E-state index in [1.165, 1.54) is 7.05 Å². The third-order valence-corrected chi connectivity index (χ3v) is 3.86. The molecule has 0 fully saturated rings. The number of hydrazine groups is 1. The van der Waals surface area contributed by atoms with Gasteiger partial charge in [-0.3, -0.25) is 4.79 Å². The minimum Gasteiger partial charge on any atom is -0.459 e. The van der Waals surface area contributed by atoms with E-state index in [0.29, 0.717) is 17.8 Å². The standard InChI is InChI=1S/C22H33N3O5S.CH5N/c1-7-12-27-15-22(16-28-13-8-2,17-29-14-9-3)25-24-19(31)11-10-18(23)20(26)30-21(4,5)6;1-2/h1-3,18,25H,10-17,23H2,4-6H3,(H,24,31);2H2,1H3. The van der Waals surface area contributed by atoms with Crippen LogP contribution < -0.4 is 22.3 Å². The van der Waals surface area contributed by atoms with Crippen molar-refractivity contribution in [2.45, 2.75) is 50.8 Å². The fourth-order valence-corrected chi connectivity index (χ4v) is 2.36. The number of rotatable bonds is 15. The molecule has 0 saturated heterocycles. The summed E-state index contributed by atoms with van der Waals surface area (Å²) in [6.07, 6.45) is 16.4. The van der Waals surface area contributed by atoms with E-state index in [4.69, 9.17) is 56.2 Å². The zero-order valence-electron chi connectivity index (χ0n) is 20.1. The number of carbonyl (C=O) groups excluding carboxylic acids is 1. The molecule has 0 saturated carbocycles. The third kappa shape index (κ3) is 18.0. The van der Waals surface area contributed by atoms with Crippen molar-refractivity contribution >= 4 is 23.2 Å². The molecule has 0 amide bonds. The van der Waals surface area contributed by atoms with E-state index >= 15 is 0 Å². The van der Waals surface area contributed by atoms with Crippen LogP contribution in [-0.2, 0) is 23.7 Å². The summed E-state index contributed by atoms with van der Waals surface area (Å²) in [6.45, 7) is 6.05. The highest BCUT2D eigenvalue weighted by Gasteiger charge is 2.32. The zero-order valence-corrected chi connectivity index (χ0v) is 20.9. The van der Waals surface area contributed by atoms with E-state index in [1.54, 1.807) is 20.8 Å². The number of carbonyl (C=O) groups is 1. The molecule has 0 radical (unpaired) electrons. The van der Waals surface area contributed by atoms with E-state index in [-0.39, 0.29) is 39.6 Å². The molecule has 0 aromatic carbocycles. The maximum absolute atomic E-state index is 12.0. The third-order valence-electron chi connectivity index (χ3n) is 3.55. The highest BCUT2D eigenvalue weighted by atomic mass is 32.1. The molecule has 10 heteroatoms. The number of nitrogens with one attached hydrogen (secondary N) is 2. The SMILES string of the molecule is C#CCOCC(COCC#C)(COCC#C)NNC(=S)CCC(N)C(=O)OC(C)(C)C.CN. The molecule has 0 bridgehead atoms. The van der Waals surface area contributed by atoms with E-state index < -0.39 is 23.2 Å². The smallest absolute Gasteiger partial charge is 0.323 e. The molecule has 6 N–H and O–H groups in total. The van der Waals surface area contributed by atoms with Gasteiger partial charge in [-0.15, -0.1) is 19.3 Å². The molecule has 1 unspecified atom stereocenters. The van der Waals surface area contributed by atoms with Gasteiger partial charge in [-0.25, -0.2) is 5.43 Å². The van der Waals surface area contributed by atoms with E-state index in [0.717, 1.165) is 0 Å². The first-order chi connectivity index (χ1) is 15.6. The summed E-state index contributed by atoms with van der Waals surface area (Å²) in [5, 5.41) is 0. The number of nitrogens with two attached hydrogens (primary N) is 2. The summed E-state index contributed by atoms with van der Waals surface area (Å²) >= 11 is 5.34. The predicted octanol–water partition coefficient (Wildman–Crippen LogP) is 0.120. The number of esters is 1. The molecular weight excluding hydrogens is 444 g/mol. The minimum absolute atomic E-state index is 0.100. The second-order valence-electron chi connectivity index (χ2n) is 7.72. The summed E-state index contributed by atoms with van der Waals surface area (Å²) in [7, 11) is 1.50. The van der Waals surface area contributed by atoms with Gasteiger partial charge in [-0.1, -0.05) is 30.0 Å². The molecule has 0 aromatic heterocycles. The topological polar surface area (TPSA) is 130 Å². The van der Waals surface area contributed by atoms with Gasteiger partial charge in [0.05, 0.1) is 24.8 Å². The van der Waals surface area contributed by atoms with Crippen molar-refractivity contribution in [1.82, 2.24) is 10.9 Å². The second kappa shape index (κ2) is 19.3. The summed E-state index contributed by atoms with van der Waals surface area (Å²) < 4.78 is 21.7. The molecule has 0 aromatic rings. The van der Waals surface area contributed by atoms with Gasteiger partial charge in [0.1, 0.15) is 37.0 Å². The maximum Gasteiger partial charge on any atom is 0.323 e.